The molecule has 0 spiro atoms. The van der Waals surface area contributed by atoms with Crippen molar-refractivity contribution in [2.45, 2.75) is 42.8 Å². The molecule has 1 aliphatic carbocycles. The number of hydrogen-bond acceptors (Lipinski definition) is 3. The van der Waals surface area contributed by atoms with E-state index in [9.17, 15) is 4.79 Å². The van der Waals surface area contributed by atoms with E-state index in [2.05, 4.69) is 11.4 Å². The number of anilines is 1. The van der Waals surface area contributed by atoms with Gasteiger partial charge in [0.25, 0.3) is 0 Å². The summed E-state index contributed by atoms with van der Waals surface area (Å²) >= 11 is 1.89. The van der Waals surface area contributed by atoms with Crippen molar-refractivity contribution in [3.8, 4) is 0 Å². The molecule has 0 aromatic heterocycles. The van der Waals surface area contributed by atoms with Crippen LogP contribution in [0.3, 0.4) is 0 Å². The van der Waals surface area contributed by atoms with Crippen molar-refractivity contribution < 1.29 is 4.79 Å². The van der Waals surface area contributed by atoms with Crippen molar-refractivity contribution in [3.05, 3.63) is 24.3 Å². The first-order valence-corrected chi connectivity index (χ1v) is 7.85. The summed E-state index contributed by atoms with van der Waals surface area (Å²) < 4.78 is 0. The van der Waals surface area contributed by atoms with Gasteiger partial charge in [-0.25, -0.2) is 0 Å². The fourth-order valence-electron chi connectivity index (χ4n) is 2.22. The van der Waals surface area contributed by atoms with Crippen molar-refractivity contribution in [3.63, 3.8) is 0 Å². The van der Waals surface area contributed by atoms with Crippen LogP contribution in [0.1, 0.15) is 32.6 Å². The van der Waals surface area contributed by atoms with Gasteiger partial charge in [0.2, 0.25) is 5.91 Å². The van der Waals surface area contributed by atoms with Crippen LogP contribution in [0.5, 0.6) is 0 Å². The molecule has 2 rings (SSSR count). The summed E-state index contributed by atoms with van der Waals surface area (Å²) in [6, 6.07) is 8.05. The normalized spacial score (nSPS) is 17.4. The standard InChI is InChI=1S/C15H22N2OS/c1-11(10-16)15(18)17-13-8-4-5-9-14(13)19-12-6-2-3-7-12/h4-5,8-9,11-12H,2-3,6-7,10,16H2,1H3,(H,17,18). The Balaban J connectivity index is 2.05. The lowest BCUT2D eigenvalue weighted by Gasteiger charge is -2.15. The summed E-state index contributed by atoms with van der Waals surface area (Å²) in [5.74, 6) is -0.147. The molecule has 0 radical (unpaired) electrons. The molecule has 3 nitrogen and oxygen atoms in total. The zero-order valence-electron chi connectivity index (χ0n) is 11.4. The number of nitrogens with one attached hydrogen (secondary N) is 1. The predicted octanol–water partition coefficient (Wildman–Crippen LogP) is 3.25. The number of carbonyl (C=O) groups is 1. The number of nitrogens with two attached hydrogens (primary N) is 1. The maximum Gasteiger partial charge on any atom is 0.228 e. The maximum atomic E-state index is 11.9. The molecular weight excluding hydrogens is 256 g/mol. The third-order valence-electron chi connectivity index (χ3n) is 3.54. The second-order valence-corrected chi connectivity index (χ2v) is 6.49. The lowest BCUT2D eigenvalue weighted by atomic mass is 10.1. The van der Waals surface area contributed by atoms with Crippen LogP contribution < -0.4 is 11.1 Å². The Kier molecular flexibility index (Phi) is 5.28. The molecule has 4 heteroatoms. The van der Waals surface area contributed by atoms with Crippen molar-refractivity contribution in [2.75, 3.05) is 11.9 Å². The smallest absolute Gasteiger partial charge is 0.228 e. The Morgan fingerprint density at radius 3 is 2.79 bits per heavy atom. The van der Waals surface area contributed by atoms with Gasteiger partial charge in [-0.3, -0.25) is 4.79 Å². The van der Waals surface area contributed by atoms with Crippen molar-refractivity contribution in [1.29, 1.82) is 0 Å². The molecule has 1 amide bonds. The van der Waals surface area contributed by atoms with E-state index in [1.807, 2.05) is 36.9 Å². The second-order valence-electron chi connectivity index (χ2n) is 5.15. The van der Waals surface area contributed by atoms with Gasteiger partial charge in [-0.2, -0.15) is 0 Å². The molecule has 0 bridgehead atoms. The van der Waals surface area contributed by atoms with Gasteiger partial charge in [0.05, 0.1) is 5.69 Å². The minimum atomic E-state index is -0.149. The van der Waals surface area contributed by atoms with E-state index in [1.165, 1.54) is 30.6 Å². The number of para-hydroxylation sites is 1. The van der Waals surface area contributed by atoms with Crippen molar-refractivity contribution >= 4 is 23.4 Å². The number of carbonyl (C=O) groups excluding carboxylic acids is 1. The molecule has 1 atom stereocenters. The summed E-state index contributed by atoms with van der Waals surface area (Å²) in [7, 11) is 0. The van der Waals surface area contributed by atoms with E-state index in [4.69, 9.17) is 5.73 Å². The summed E-state index contributed by atoms with van der Waals surface area (Å²) in [5.41, 5.74) is 6.45. The Bertz CT molecular complexity index is 430. The van der Waals surface area contributed by atoms with Gasteiger partial charge in [-0.15, -0.1) is 11.8 Å². The average Bonchev–Trinajstić information content (AvgIpc) is 2.93. The highest BCUT2D eigenvalue weighted by molar-refractivity contribution is 8.00. The Morgan fingerprint density at radius 2 is 2.11 bits per heavy atom. The first-order chi connectivity index (χ1) is 9.20. The zero-order chi connectivity index (χ0) is 13.7. The molecular formula is C15H22N2OS. The van der Waals surface area contributed by atoms with Gasteiger partial charge < -0.3 is 11.1 Å². The van der Waals surface area contributed by atoms with Gasteiger partial charge in [0, 0.05) is 22.6 Å². The molecule has 0 aliphatic heterocycles. The SMILES string of the molecule is CC(CN)C(=O)Nc1ccccc1SC1CCCC1. The Hall–Kier alpha value is -1.00. The quantitative estimate of drug-likeness (QED) is 0.869. The molecule has 1 fully saturated rings. The number of hydrogen-bond donors (Lipinski definition) is 2. The summed E-state index contributed by atoms with van der Waals surface area (Å²) in [6.45, 7) is 2.23. The van der Waals surface area contributed by atoms with Crippen LogP contribution in [0, 0.1) is 5.92 Å². The van der Waals surface area contributed by atoms with Gasteiger partial charge in [-0.1, -0.05) is 31.9 Å². The van der Waals surface area contributed by atoms with Crippen LogP contribution in [0.15, 0.2) is 29.2 Å². The van der Waals surface area contributed by atoms with Gasteiger partial charge in [0.15, 0.2) is 0 Å². The molecule has 3 N–H and O–H groups in total. The highest BCUT2D eigenvalue weighted by Crippen LogP contribution is 2.38. The van der Waals surface area contributed by atoms with E-state index >= 15 is 0 Å². The van der Waals surface area contributed by atoms with E-state index in [-0.39, 0.29) is 11.8 Å². The topological polar surface area (TPSA) is 55.1 Å². The van der Waals surface area contributed by atoms with Crippen LogP contribution in [-0.4, -0.2) is 17.7 Å². The summed E-state index contributed by atoms with van der Waals surface area (Å²) in [6.07, 6.45) is 5.23. The lowest BCUT2D eigenvalue weighted by molar-refractivity contribution is -0.119. The van der Waals surface area contributed by atoms with Crippen LogP contribution in [0.2, 0.25) is 0 Å². The van der Waals surface area contributed by atoms with Gasteiger partial charge in [0.1, 0.15) is 0 Å². The molecule has 1 aromatic carbocycles. The van der Waals surface area contributed by atoms with Crippen LogP contribution >= 0.6 is 11.8 Å². The minimum Gasteiger partial charge on any atom is -0.330 e. The fourth-order valence-corrected chi connectivity index (χ4v) is 3.55. The molecule has 104 valence electrons. The summed E-state index contributed by atoms with van der Waals surface area (Å²) in [4.78, 5) is 13.1. The number of amides is 1. The molecule has 1 aromatic rings. The second kappa shape index (κ2) is 6.96. The highest BCUT2D eigenvalue weighted by atomic mass is 32.2. The van der Waals surface area contributed by atoms with Crippen molar-refractivity contribution in [2.24, 2.45) is 11.7 Å². The number of benzene rings is 1. The van der Waals surface area contributed by atoms with Gasteiger partial charge in [-0.05, 0) is 25.0 Å². The largest absolute Gasteiger partial charge is 0.330 e. The molecule has 0 saturated heterocycles. The Labute approximate surface area is 119 Å². The molecule has 1 unspecified atom stereocenters. The van der Waals surface area contributed by atoms with Crippen LogP contribution in [0.25, 0.3) is 0 Å². The molecule has 1 aliphatic rings. The van der Waals surface area contributed by atoms with E-state index in [0.29, 0.717) is 11.8 Å². The molecule has 0 heterocycles. The van der Waals surface area contributed by atoms with Crippen molar-refractivity contribution in [1.82, 2.24) is 0 Å². The van der Waals surface area contributed by atoms with E-state index in [1.54, 1.807) is 0 Å². The number of rotatable bonds is 5. The zero-order valence-corrected chi connectivity index (χ0v) is 12.2. The van der Waals surface area contributed by atoms with Crippen LogP contribution in [-0.2, 0) is 4.79 Å². The summed E-state index contributed by atoms with van der Waals surface area (Å²) in [5, 5.41) is 3.69. The first kappa shape index (κ1) is 14.4. The average molecular weight is 278 g/mol. The fraction of sp³-hybridized carbons (Fsp3) is 0.533. The number of thioether (sulfide) groups is 1. The van der Waals surface area contributed by atoms with Gasteiger partial charge >= 0.3 is 0 Å². The van der Waals surface area contributed by atoms with Crippen LogP contribution in [0.4, 0.5) is 5.69 Å². The minimum absolute atomic E-state index is 0.00183. The Morgan fingerprint density at radius 1 is 1.42 bits per heavy atom. The molecule has 19 heavy (non-hydrogen) atoms. The third-order valence-corrected chi connectivity index (χ3v) is 4.96. The van der Waals surface area contributed by atoms with E-state index < -0.39 is 0 Å². The highest BCUT2D eigenvalue weighted by Gasteiger charge is 2.18. The monoisotopic (exact) mass is 278 g/mol. The maximum absolute atomic E-state index is 11.9. The lowest BCUT2D eigenvalue weighted by Crippen LogP contribution is -2.26. The third kappa shape index (κ3) is 3.98. The predicted molar refractivity (Wildman–Crippen MR) is 81.4 cm³/mol. The van der Waals surface area contributed by atoms with E-state index in [0.717, 1.165) is 5.69 Å². The molecule has 1 saturated carbocycles. The first-order valence-electron chi connectivity index (χ1n) is 6.97.